The van der Waals surface area contributed by atoms with Gasteiger partial charge in [0.2, 0.25) is 0 Å². The summed E-state index contributed by atoms with van der Waals surface area (Å²) >= 11 is 1.14. The third kappa shape index (κ3) is 2.76. The smallest absolute Gasteiger partial charge is 0.390 e. The van der Waals surface area contributed by atoms with Crippen LogP contribution in [-0.2, 0) is 4.79 Å². The first kappa shape index (κ1) is 12.6. The summed E-state index contributed by atoms with van der Waals surface area (Å²) in [5, 5.41) is 8.77. The molecule has 0 saturated carbocycles. The number of hydrogen-bond donors (Lipinski definition) is 1. The van der Waals surface area contributed by atoms with Gasteiger partial charge in [0.05, 0.1) is 6.42 Å². The standard InChI is InChI=1S/C8H10F4O2S/c9-5-3-15-2-1-7(5,6(13)14)4-8(10,11)12/h5H,1-4H2,(H,13,14). The molecular weight excluding hydrogens is 236 g/mol. The molecule has 1 fully saturated rings. The first-order chi connectivity index (χ1) is 6.78. The summed E-state index contributed by atoms with van der Waals surface area (Å²) in [6.45, 7) is 0. The molecule has 0 bridgehead atoms. The van der Waals surface area contributed by atoms with Gasteiger partial charge in [0.15, 0.2) is 0 Å². The molecule has 2 atom stereocenters. The van der Waals surface area contributed by atoms with Crippen molar-refractivity contribution in [2.45, 2.75) is 25.2 Å². The lowest BCUT2D eigenvalue weighted by Gasteiger charge is -2.36. The summed E-state index contributed by atoms with van der Waals surface area (Å²) in [5.74, 6) is -1.61. The van der Waals surface area contributed by atoms with E-state index in [2.05, 4.69) is 0 Å². The Morgan fingerprint density at radius 1 is 1.53 bits per heavy atom. The Morgan fingerprint density at radius 2 is 2.13 bits per heavy atom. The number of carboxylic acid groups (broad SMARTS) is 1. The highest BCUT2D eigenvalue weighted by molar-refractivity contribution is 7.99. The van der Waals surface area contributed by atoms with E-state index < -0.39 is 30.2 Å². The highest BCUT2D eigenvalue weighted by Crippen LogP contribution is 2.45. The van der Waals surface area contributed by atoms with Crippen molar-refractivity contribution in [3.63, 3.8) is 0 Å². The Morgan fingerprint density at radius 3 is 2.53 bits per heavy atom. The lowest BCUT2D eigenvalue weighted by atomic mass is 9.77. The van der Waals surface area contributed by atoms with E-state index in [0.29, 0.717) is 0 Å². The van der Waals surface area contributed by atoms with Crippen molar-refractivity contribution in [3.8, 4) is 0 Å². The third-order valence-corrected chi connectivity index (χ3v) is 3.52. The van der Waals surface area contributed by atoms with Gasteiger partial charge in [0.25, 0.3) is 0 Å². The van der Waals surface area contributed by atoms with Gasteiger partial charge in [-0.2, -0.15) is 24.9 Å². The number of halogens is 4. The summed E-state index contributed by atoms with van der Waals surface area (Å²) in [6, 6.07) is 0. The molecule has 7 heteroatoms. The molecule has 1 aliphatic heterocycles. The van der Waals surface area contributed by atoms with Crippen LogP contribution in [0.3, 0.4) is 0 Å². The maximum absolute atomic E-state index is 13.4. The maximum Gasteiger partial charge on any atom is 0.390 e. The van der Waals surface area contributed by atoms with Crippen LogP contribution in [0.5, 0.6) is 0 Å². The Kier molecular flexibility index (Phi) is 3.52. The van der Waals surface area contributed by atoms with Crippen molar-refractivity contribution in [2.75, 3.05) is 11.5 Å². The molecular formula is C8H10F4O2S. The van der Waals surface area contributed by atoms with Crippen LogP contribution < -0.4 is 0 Å². The lowest BCUT2D eigenvalue weighted by Crippen LogP contribution is -2.47. The first-order valence-corrected chi connectivity index (χ1v) is 5.45. The Bertz CT molecular complexity index is 256. The van der Waals surface area contributed by atoms with Crippen LogP contribution in [0.4, 0.5) is 17.6 Å². The van der Waals surface area contributed by atoms with Gasteiger partial charge in [-0.25, -0.2) is 4.39 Å². The predicted octanol–water partition coefficient (Wildman–Crippen LogP) is 2.48. The summed E-state index contributed by atoms with van der Waals surface area (Å²) in [5.41, 5.74) is -2.27. The molecule has 1 heterocycles. The molecule has 2 unspecified atom stereocenters. The van der Waals surface area contributed by atoms with Crippen molar-refractivity contribution in [3.05, 3.63) is 0 Å². The van der Waals surface area contributed by atoms with Gasteiger partial charge >= 0.3 is 12.1 Å². The van der Waals surface area contributed by atoms with Gasteiger partial charge in [-0.3, -0.25) is 4.79 Å². The van der Waals surface area contributed by atoms with Crippen molar-refractivity contribution < 1.29 is 27.5 Å². The fraction of sp³-hybridized carbons (Fsp3) is 0.875. The van der Waals surface area contributed by atoms with Crippen LogP contribution in [0.15, 0.2) is 0 Å². The van der Waals surface area contributed by atoms with Crippen LogP contribution in [-0.4, -0.2) is 34.9 Å². The summed E-state index contributed by atoms with van der Waals surface area (Å²) in [6.07, 6.45) is -8.44. The lowest BCUT2D eigenvalue weighted by molar-refractivity contribution is -0.187. The molecule has 1 N–H and O–H groups in total. The molecule has 0 aromatic carbocycles. The van der Waals surface area contributed by atoms with E-state index in [0.717, 1.165) is 11.8 Å². The molecule has 2 nitrogen and oxygen atoms in total. The number of rotatable bonds is 2. The molecule has 0 aromatic heterocycles. The van der Waals surface area contributed by atoms with Crippen LogP contribution in [0.1, 0.15) is 12.8 Å². The molecule has 15 heavy (non-hydrogen) atoms. The van der Waals surface area contributed by atoms with Crippen molar-refractivity contribution in [1.82, 2.24) is 0 Å². The van der Waals surface area contributed by atoms with Gasteiger partial charge in [-0.15, -0.1) is 0 Å². The largest absolute Gasteiger partial charge is 0.481 e. The number of aliphatic carboxylic acids is 1. The van der Waals surface area contributed by atoms with Gasteiger partial charge in [0.1, 0.15) is 11.6 Å². The van der Waals surface area contributed by atoms with Crippen LogP contribution in [0.2, 0.25) is 0 Å². The molecule has 0 aliphatic carbocycles. The fourth-order valence-corrected chi connectivity index (χ4v) is 2.83. The van der Waals surface area contributed by atoms with Gasteiger partial charge < -0.3 is 5.11 Å². The minimum Gasteiger partial charge on any atom is -0.481 e. The molecule has 88 valence electrons. The minimum absolute atomic E-state index is 0.178. The monoisotopic (exact) mass is 246 g/mol. The Balaban J connectivity index is 2.91. The van der Waals surface area contributed by atoms with E-state index in [9.17, 15) is 22.4 Å². The average molecular weight is 246 g/mol. The molecule has 1 saturated heterocycles. The third-order valence-electron chi connectivity index (χ3n) is 2.50. The van der Waals surface area contributed by atoms with E-state index >= 15 is 0 Å². The first-order valence-electron chi connectivity index (χ1n) is 4.30. The average Bonchev–Trinajstić information content (AvgIpc) is 2.06. The maximum atomic E-state index is 13.4. The van der Waals surface area contributed by atoms with Crippen molar-refractivity contribution >= 4 is 17.7 Å². The second kappa shape index (κ2) is 4.19. The molecule has 1 aliphatic rings. The zero-order valence-electron chi connectivity index (χ0n) is 7.68. The van der Waals surface area contributed by atoms with Crippen molar-refractivity contribution in [2.24, 2.45) is 5.41 Å². The predicted molar refractivity (Wildman–Crippen MR) is 47.6 cm³/mol. The van der Waals surface area contributed by atoms with E-state index in [-0.39, 0.29) is 17.9 Å². The van der Waals surface area contributed by atoms with Gasteiger partial charge in [0, 0.05) is 5.75 Å². The van der Waals surface area contributed by atoms with E-state index in [1.54, 1.807) is 0 Å². The quantitative estimate of drug-likeness (QED) is 0.760. The second-order valence-electron chi connectivity index (χ2n) is 3.55. The summed E-state index contributed by atoms with van der Waals surface area (Å²) in [4.78, 5) is 10.8. The highest BCUT2D eigenvalue weighted by Gasteiger charge is 2.54. The minimum atomic E-state index is -4.65. The number of alkyl halides is 4. The molecule has 0 aromatic rings. The van der Waals surface area contributed by atoms with E-state index in [4.69, 9.17) is 5.11 Å². The van der Waals surface area contributed by atoms with Crippen molar-refractivity contribution in [1.29, 1.82) is 0 Å². The van der Waals surface area contributed by atoms with Crippen LogP contribution in [0, 0.1) is 5.41 Å². The van der Waals surface area contributed by atoms with E-state index in [1.807, 2.05) is 0 Å². The second-order valence-corrected chi connectivity index (χ2v) is 4.70. The summed E-state index contributed by atoms with van der Waals surface area (Å²) in [7, 11) is 0. The summed E-state index contributed by atoms with van der Waals surface area (Å²) < 4.78 is 49.9. The molecule has 0 radical (unpaired) electrons. The highest BCUT2D eigenvalue weighted by atomic mass is 32.2. The van der Waals surface area contributed by atoms with Crippen LogP contribution >= 0.6 is 11.8 Å². The number of carboxylic acids is 1. The van der Waals surface area contributed by atoms with E-state index in [1.165, 1.54) is 0 Å². The SMILES string of the molecule is O=C(O)C1(CC(F)(F)F)CCSCC1F. The fourth-order valence-electron chi connectivity index (χ4n) is 1.63. The topological polar surface area (TPSA) is 37.3 Å². The van der Waals surface area contributed by atoms with Crippen LogP contribution in [0.25, 0.3) is 0 Å². The normalized spacial score (nSPS) is 32.7. The molecule has 0 amide bonds. The van der Waals surface area contributed by atoms with Gasteiger partial charge in [-0.05, 0) is 12.2 Å². The number of thioether (sulfide) groups is 1. The number of hydrogen-bond acceptors (Lipinski definition) is 2. The number of carbonyl (C=O) groups is 1. The molecule has 0 spiro atoms. The zero-order valence-corrected chi connectivity index (χ0v) is 8.50. The van der Waals surface area contributed by atoms with Gasteiger partial charge in [-0.1, -0.05) is 0 Å². The molecule has 1 rings (SSSR count). The Hall–Kier alpha value is -0.460. The zero-order chi connectivity index (χ0) is 11.7. The Labute approximate surface area is 88.0 Å².